The van der Waals surface area contributed by atoms with Crippen molar-refractivity contribution in [1.82, 2.24) is 9.88 Å². The Morgan fingerprint density at radius 1 is 1.47 bits per heavy atom. The van der Waals surface area contributed by atoms with Crippen molar-refractivity contribution in [1.29, 1.82) is 0 Å². The summed E-state index contributed by atoms with van der Waals surface area (Å²) in [5, 5.41) is 1.15. The first kappa shape index (κ1) is 12.8. The standard InChI is InChI=1S/C12H22N4S/c1-4-10-8-16(6-5-15(10)3)12-14-9(2)11(7-13)17-12/h10H,4-8,13H2,1-3H3. The maximum absolute atomic E-state index is 5.71. The van der Waals surface area contributed by atoms with Crippen LogP contribution >= 0.6 is 11.3 Å². The molecule has 1 aliphatic heterocycles. The molecule has 17 heavy (non-hydrogen) atoms. The number of rotatable bonds is 3. The maximum atomic E-state index is 5.71. The molecule has 1 atom stereocenters. The number of hydrogen-bond donors (Lipinski definition) is 1. The minimum absolute atomic E-state index is 0.606. The summed E-state index contributed by atoms with van der Waals surface area (Å²) in [7, 11) is 2.21. The molecule has 1 saturated heterocycles. The predicted molar refractivity (Wildman–Crippen MR) is 73.7 cm³/mol. The molecule has 96 valence electrons. The van der Waals surface area contributed by atoms with E-state index in [2.05, 4.69) is 35.7 Å². The molecule has 0 radical (unpaired) electrons. The highest BCUT2D eigenvalue weighted by Crippen LogP contribution is 2.27. The fraction of sp³-hybridized carbons (Fsp3) is 0.750. The summed E-state index contributed by atoms with van der Waals surface area (Å²) in [6.07, 6.45) is 1.20. The Balaban J connectivity index is 2.11. The highest BCUT2D eigenvalue weighted by molar-refractivity contribution is 7.15. The zero-order valence-electron chi connectivity index (χ0n) is 10.9. The van der Waals surface area contributed by atoms with Crippen LogP contribution in [-0.2, 0) is 6.54 Å². The van der Waals surface area contributed by atoms with Gasteiger partial charge in [0.15, 0.2) is 5.13 Å². The molecule has 1 aliphatic rings. The van der Waals surface area contributed by atoms with E-state index < -0.39 is 0 Å². The van der Waals surface area contributed by atoms with Crippen molar-refractivity contribution >= 4 is 16.5 Å². The maximum Gasteiger partial charge on any atom is 0.185 e. The topological polar surface area (TPSA) is 45.4 Å². The molecule has 5 heteroatoms. The molecule has 1 unspecified atom stereocenters. The first-order valence-corrected chi connectivity index (χ1v) is 7.09. The lowest BCUT2D eigenvalue weighted by Gasteiger charge is -2.39. The van der Waals surface area contributed by atoms with Crippen LogP contribution in [0.2, 0.25) is 0 Å². The van der Waals surface area contributed by atoms with E-state index in [1.807, 2.05) is 0 Å². The highest BCUT2D eigenvalue weighted by Gasteiger charge is 2.25. The SMILES string of the molecule is CCC1CN(c2nc(C)c(CN)s2)CCN1C. The summed E-state index contributed by atoms with van der Waals surface area (Å²) in [6.45, 7) is 8.19. The highest BCUT2D eigenvalue weighted by atomic mass is 32.1. The number of thiazole rings is 1. The van der Waals surface area contributed by atoms with Gasteiger partial charge in [-0.3, -0.25) is 4.90 Å². The van der Waals surface area contributed by atoms with Crippen molar-refractivity contribution in [3.63, 3.8) is 0 Å². The number of aromatic nitrogens is 1. The van der Waals surface area contributed by atoms with Crippen LogP contribution in [0.4, 0.5) is 5.13 Å². The first-order valence-electron chi connectivity index (χ1n) is 6.27. The minimum atomic E-state index is 0.606. The fourth-order valence-corrected chi connectivity index (χ4v) is 3.27. The molecule has 2 N–H and O–H groups in total. The van der Waals surface area contributed by atoms with Gasteiger partial charge in [0, 0.05) is 37.1 Å². The molecule has 1 fully saturated rings. The van der Waals surface area contributed by atoms with Crippen LogP contribution in [0.25, 0.3) is 0 Å². The summed E-state index contributed by atoms with van der Waals surface area (Å²) in [5.74, 6) is 0. The molecule has 0 spiro atoms. The van der Waals surface area contributed by atoms with E-state index in [9.17, 15) is 0 Å². The Morgan fingerprint density at radius 3 is 2.82 bits per heavy atom. The van der Waals surface area contributed by atoms with Crippen molar-refractivity contribution in [3.05, 3.63) is 10.6 Å². The van der Waals surface area contributed by atoms with E-state index in [1.54, 1.807) is 11.3 Å². The van der Waals surface area contributed by atoms with Crippen LogP contribution in [-0.4, -0.2) is 42.6 Å². The normalized spacial score (nSPS) is 22.1. The predicted octanol–water partition coefficient (Wildman–Crippen LogP) is 1.44. The Hall–Kier alpha value is -0.650. The van der Waals surface area contributed by atoms with Gasteiger partial charge in [0.2, 0.25) is 0 Å². The van der Waals surface area contributed by atoms with Gasteiger partial charge in [0.1, 0.15) is 0 Å². The van der Waals surface area contributed by atoms with Gasteiger partial charge in [-0.05, 0) is 20.4 Å². The Morgan fingerprint density at radius 2 is 2.24 bits per heavy atom. The van der Waals surface area contributed by atoms with Crippen LogP contribution in [0.5, 0.6) is 0 Å². The van der Waals surface area contributed by atoms with E-state index in [0.29, 0.717) is 12.6 Å². The van der Waals surface area contributed by atoms with E-state index in [0.717, 1.165) is 30.5 Å². The molecular weight excluding hydrogens is 232 g/mol. The minimum Gasteiger partial charge on any atom is -0.345 e. The van der Waals surface area contributed by atoms with Crippen LogP contribution in [0.3, 0.4) is 0 Å². The van der Waals surface area contributed by atoms with Crippen LogP contribution in [0, 0.1) is 6.92 Å². The molecule has 2 rings (SSSR count). The smallest absolute Gasteiger partial charge is 0.185 e. The molecule has 0 saturated carbocycles. The van der Waals surface area contributed by atoms with Gasteiger partial charge in [0.25, 0.3) is 0 Å². The average Bonchev–Trinajstić information content (AvgIpc) is 2.71. The Labute approximate surface area is 107 Å². The second-order valence-electron chi connectivity index (χ2n) is 4.70. The fourth-order valence-electron chi connectivity index (χ4n) is 2.30. The van der Waals surface area contributed by atoms with Gasteiger partial charge in [-0.1, -0.05) is 6.92 Å². The zero-order valence-corrected chi connectivity index (χ0v) is 11.8. The van der Waals surface area contributed by atoms with E-state index in [4.69, 9.17) is 5.73 Å². The first-order chi connectivity index (χ1) is 8.15. The molecular formula is C12H22N4S. The van der Waals surface area contributed by atoms with Crippen molar-refractivity contribution in [2.45, 2.75) is 32.9 Å². The summed E-state index contributed by atoms with van der Waals surface area (Å²) in [6, 6.07) is 0.647. The number of aryl methyl sites for hydroxylation is 1. The summed E-state index contributed by atoms with van der Waals surface area (Å²) >= 11 is 1.75. The molecule has 4 nitrogen and oxygen atoms in total. The lowest BCUT2D eigenvalue weighted by Crippen LogP contribution is -2.51. The van der Waals surface area contributed by atoms with Crippen molar-refractivity contribution in [3.8, 4) is 0 Å². The second kappa shape index (κ2) is 5.33. The summed E-state index contributed by atoms with van der Waals surface area (Å²) in [5.41, 5.74) is 6.81. The van der Waals surface area contributed by atoms with Gasteiger partial charge in [0.05, 0.1) is 5.69 Å². The lowest BCUT2D eigenvalue weighted by molar-refractivity contribution is 0.213. The van der Waals surface area contributed by atoms with Crippen LogP contribution < -0.4 is 10.6 Å². The van der Waals surface area contributed by atoms with Crippen molar-refractivity contribution < 1.29 is 0 Å². The number of likely N-dealkylation sites (N-methyl/N-ethyl adjacent to an activating group) is 1. The largest absolute Gasteiger partial charge is 0.345 e. The molecule has 2 heterocycles. The third kappa shape index (κ3) is 2.61. The molecule has 0 aromatic carbocycles. The molecule has 0 aliphatic carbocycles. The Bertz CT molecular complexity index is 377. The van der Waals surface area contributed by atoms with Gasteiger partial charge >= 0.3 is 0 Å². The monoisotopic (exact) mass is 254 g/mol. The van der Waals surface area contributed by atoms with E-state index >= 15 is 0 Å². The third-order valence-electron chi connectivity index (χ3n) is 3.59. The van der Waals surface area contributed by atoms with Crippen molar-refractivity contribution in [2.75, 3.05) is 31.6 Å². The van der Waals surface area contributed by atoms with Gasteiger partial charge in [-0.2, -0.15) is 0 Å². The zero-order chi connectivity index (χ0) is 12.4. The summed E-state index contributed by atoms with van der Waals surface area (Å²) in [4.78, 5) is 10.7. The van der Waals surface area contributed by atoms with E-state index in [-0.39, 0.29) is 0 Å². The molecule has 0 amide bonds. The van der Waals surface area contributed by atoms with Crippen molar-refractivity contribution in [2.24, 2.45) is 5.73 Å². The van der Waals surface area contributed by atoms with E-state index in [1.165, 1.54) is 11.3 Å². The number of anilines is 1. The number of nitrogens with two attached hydrogens (primary N) is 1. The van der Waals surface area contributed by atoms with Crippen LogP contribution in [0.1, 0.15) is 23.9 Å². The quantitative estimate of drug-likeness (QED) is 0.886. The number of hydrogen-bond acceptors (Lipinski definition) is 5. The molecule has 1 aromatic rings. The molecule has 0 bridgehead atoms. The van der Waals surface area contributed by atoms with Gasteiger partial charge in [-0.25, -0.2) is 4.98 Å². The van der Waals surface area contributed by atoms with Gasteiger partial charge < -0.3 is 10.6 Å². The Kier molecular flexibility index (Phi) is 4.01. The average molecular weight is 254 g/mol. The summed E-state index contributed by atoms with van der Waals surface area (Å²) < 4.78 is 0. The molecule has 1 aromatic heterocycles. The number of piperazine rings is 1. The second-order valence-corrected chi connectivity index (χ2v) is 5.76. The third-order valence-corrected chi connectivity index (χ3v) is 4.83. The lowest BCUT2D eigenvalue weighted by atomic mass is 10.1. The number of nitrogens with zero attached hydrogens (tertiary/aromatic N) is 3. The van der Waals surface area contributed by atoms with Crippen LogP contribution in [0.15, 0.2) is 0 Å². The van der Waals surface area contributed by atoms with Gasteiger partial charge in [-0.15, -0.1) is 11.3 Å².